The van der Waals surface area contributed by atoms with Crippen LogP contribution in [0.4, 0.5) is 11.4 Å². The molecule has 1 aromatic carbocycles. The molecule has 1 aliphatic rings. The molecule has 0 spiro atoms. The van der Waals surface area contributed by atoms with Gasteiger partial charge in [-0.3, -0.25) is 4.79 Å². The highest BCUT2D eigenvalue weighted by molar-refractivity contribution is 7.91. The van der Waals surface area contributed by atoms with Crippen molar-refractivity contribution in [3.05, 3.63) is 53.9 Å². The van der Waals surface area contributed by atoms with Crippen molar-refractivity contribution < 1.29 is 13.2 Å². The van der Waals surface area contributed by atoms with E-state index in [-0.39, 0.29) is 29.1 Å². The quantitative estimate of drug-likeness (QED) is 0.841. The van der Waals surface area contributed by atoms with Gasteiger partial charge in [0.15, 0.2) is 9.84 Å². The van der Waals surface area contributed by atoms with Gasteiger partial charge in [-0.15, -0.1) is 0 Å². The number of hydrogen-bond donors (Lipinski definition) is 2. The van der Waals surface area contributed by atoms with Crippen LogP contribution in [0.2, 0.25) is 0 Å². The van der Waals surface area contributed by atoms with E-state index in [9.17, 15) is 13.2 Å². The highest BCUT2D eigenvalue weighted by atomic mass is 32.2. The molecule has 7 heteroatoms. The predicted octanol–water partition coefficient (Wildman–Crippen LogP) is 2.87. The van der Waals surface area contributed by atoms with Gasteiger partial charge in [0.1, 0.15) is 5.69 Å². The SMILES string of the molecule is CC(C)c1ccccc1Nc1ccc(C(=O)NC2CCS(=O)(=O)C2)nc1. The molecule has 1 atom stereocenters. The zero-order valence-electron chi connectivity index (χ0n) is 14.9. The lowest BCUT2D eigenvalue weighted by Gasteiger charge is -2.15. The van der Waals surface area contributed by atoms with E-state index >= 15 is 0 Å². The standard InChI is InChI=1S/C19H23N3O3S/c1-13(2)16-5-3-4-6-17(16)21-14-7-8-18(20-11-14)19(23)22-15-9-10-26(24,25)12-15/h3-8,11,13,15,21H,9-10,12H2,1-2H3,(H,22,23). The van der Waals surface area contributed by atoms with Gasteiger partial charge in [-0.25, -0.2) is 13.4 Å². The minimum absolute atomic E-state index is 0.00433. The summed E-state index contributed by atoms with van der Waals surface area (Å²) in [5, 5.41) is 6.07. The fraction of sp³-hybridized carbons (Fsp3) is 0.368. The maximum Gasteiger partial charge on any atom is 0.270 e. The van der Waals surface area contributed by atoms with Crippen molar-refractivity contribution in [3.8, 4) is 0 Å². The number of benzene rings is 1. The van der Waals surface area contributed by atoms with E-state index in [1.54, 1.807) is 18.3 Å². The van der Waals surface area contributed by atoms with Gasteiger partial charge >= 0.3 is 0 Å². The Morgan fingerprint density at radius 1 is 1.19 bits per heavy atom. The van der Waals surface area contributed by atoms with Gasteiger partial charge in [0, 0.05) is 11.7 Å². The summed E-state index contributed by atoms with van der Waals surface area (Å²) in [7, 11) is -3.02. The van der Waals surface area contributed by atoms with Crippen molar-refractivity contribution in [2.24, 2.45) is 0 Å². The molecule has 6 nitrogen and oxygen atoms in total. The first-order valence-corrected chi connectivity index (χ1v) is 10.5. The number of pyridine rings is 1. The highest BCUT2D eigenvalue weighted by Gasteiger charge is 2.29. The Morgan fingerprint density at radius 2 is 1.96 bits per heavy atom. The van der Waals surface area contributed by atoms with Gasteiger partial charge in [-0.05, 0) is 36.1 Å². The molecule has 2 N–H and O–H groups in total. The van der Waals surface area contributed by atoms with E-state index in [0.717, 1.165) is 11.4 Å². The van der Waals surface area contributed by atoms with Crippen LogP contribution in [0.15, 0.2) is 42.6 Å². The second kappa shape index (κ2) is 7.45. The minimum atomic E-state index is -3.02. The summed E-state index contributed by atoms with van der Waals surface area (Å²) in [5.74, 6) is 0.175. The van der Waals surface area contributed by atoms with Gasteiger partial charge in [-0.2, -0.15) is 0 Å². The van der Waals surface area contributed by atoms with Crippen LogP contribution in [0.1, 0.15) is 42.2 Å². The average Bonchev–Trinajstić information content (AvgIpc) is 2.94. The van der Waals surface area contributed by atoms with Crippen LogP contribution in [-0.4, -0.2) is 36.9 Å². The first-order valence-electron chi connectivity index (χ1n) is 8.67. The normalized spacial score (nSPS) is 18.7. The Bertz CT molecular complexity index is 893. The van der Waals surface area contributed by atoms with E-state index in [0.29, 0.717) is 12.3 Å². The first-order chi connectivity index (χ1) is 12.3. The van der Waals surface area contributed by atoms with Crippen molar-refractivity contribution in [2.75, 3.05) is 16.8 Å². The molecular weight excluding hydrogens is 350 g/mol. The van der Waals surface area contributed by atoms with Crippen molar-refractivity contribution in [1.82, 2.24) is 10.3 Å². The molecule has 1 aliphatic heterocycles. The summed E-state index contributed by atoms with van der Waals surface area (Å²) in [6.45, 7) is 4.27. The number of carbonyl (C=O) groups excluding carboxylic acids is 1. The third-order valence-electron chi connectivity index (χ3n) is 4.43. The molecule has 2 heterocycles. The third kappa shape index (κ3) is 4.40. The lowest BCUT2D eigenvalue weighted by atomic mass is 10.0. The van der Waals surface area contributed by atoms with Gasteiger partial charge in [-0.1, -0.05) is 32.0 Å². The molecule has 0 saturated carbocycles. The Labute approximate surface area is 154 Å². The van der Waals surface area contributed by atoms with Gasteiger partial charge in [0.05, 0.1) is 23.4 Å². The maximum absolute atomic E-state index is 12.2. The Kier molecular flexibility index (Phi) is 5.27. The van der Waals surface area contributed by atoms with Gasteiger partial charge < -0.3 is 10.6 Å². The molecule has 26 heavy (non-hydrogen) atoms. The molecule has 1 unspecified atom stereocenters. The lowest BCUT2D eigenvalue weighted by Crippen LogP contribution is -2.36. The molecule has 138 valence electrons. The fourth-order valence-electron chi connectivity index (χ4n) is 3.04. The number of para-hydroxylation sites is 1. The van der Waals surface area contributed by atoms with Crippen LogP contribution < -0.4 is 10.6 Å². The second-order valence-corrected chi connectivity index (χ2v) is 9.10. The smallest absolute Gasteiger partial charge is 0.270 e. The van der Waals surface area contributed by atoms with Crippen molar-refractivity contribution >= 4 is 27.1 Å². The Hall–Kier alpha value is -2.41. The number of nitrogens with zero attached hydrogens (tertiary/aromatic N) is 1. The summed E-state index contributed by atoms with van der Waals surface area (Å²) < 4.78 is 23.0. The predicted molar refractivity (Wildman–Crippen MR) is 103 cm³/mol. The molecule has 1 aromatic heterocycles. The van der Waals surface area contributed by atoms with Crippen molar-refractivity contribution in [2.45, 2.75) is 32.2 Å². The van der Waals surface area contributed by atoms with Gasteiger partial charge in [0.2, 0.25) is 0 Å². The van der Waals surface area contributed by atoms with E-state index in [4.69, 9.17) is 0 Å². The average molecular weight is 373 g/mol. The molecule has 2 aromatic rings. The number of amides is 1. The first kappa shape index (κ1) is 18.4. The van der Waals surface area contributed by atoms with Crippen molar-refractivity contribution in [1.29, 1.82) is 0 Å². The van der Waals surface area contributed by atoms with Crippen LogP contribution >= 0.6 is 0 Å². The number of anilines is 2. The molecule has 1 fully saturated rings. The summed E-state index contributed by atoms with van der Waals surface area (Å²) in [5.41, 5.74) is 3.28. The second-order valence-electron chi connectivity index (χ2n) is 6.87. The topological polar surface area (TPSA) is 88.2 Å². The van der Waals surface area contributed by atoms with E-state index in [2.05, 4.69) is 35.5 Å². The van der Waals surface area contributed by atoms with E-state index in [1.807, 2.05) is 18.2 Å². The molecule has 3 rings (SSSR count). The molecule has 0 aliphatic carbocycles. The zero-order chi connectivity index (χ0) is 18.7. The van der Waals surface area contributed by atoms with Gasteiger partial charge in [0.25, 0.3) is 5.91 Å². The van der Waals surface area contributed by atoms with E-state index in [1.165, 1.54) is 5.56 Å². The maximum atomic E-state index is 12.2. The number of hydrogen-bond acceptors (Lipinski definition) is 5. The lowest BCUT2D eigenvalue weighted by molar-refractivity contribution is 0.0936. The monoisotopic (exact) mass is 373 g/mol. The third-order valence-corrected chi connectivity index (χ3v) is 6.19. The largest absolute Gasteiger partial charge is 0.354 e. The number of nitrogens with one attached hydrogen (secondary N) is 2. The molecule has 0 radical (unpaired) electrons. The number of rotatable bonds is 5. The van der Waals surface area contributed by atoms with Crippen LogP contribution in [0.25, 0.3) is 0 Å². The van der Waals surface area contributed by atoms with E-state index < -0.39 is 9.84 Å². The molecule has 1 amide bonds. The fourth-order valence-corrected chi connectivity index (χ4v) is 4.71. The van der Waals surface area contributed by atoms with Crippen LogP contribution in [0, 0.1) is 0 Å². The van der Waals surface area contributed by atoms with Crippen LogP contribution in [0.5, 0.6) is 0 Å². The minimum Gasteiger partial charge on any atom is -0.354 e. The Balaban J connectivity index is 1.66. The van der Waals surface area contributed by atoms with Crippen molar-refractivity contribution in [3.63, 3.8) is 0 Å². The molecule has 0 bridgehead atoms. The summed E-state index contributed by atoms with van der Waals surface area (Å²) in [4.78, 5) is 16.4. The highest BCUT2D eigenvalue weighted by Crippen LogP contribution is 2.26. The number of carbonyl (C=O) groups is 1. The molecular formula is C19H23N3O3S. The molecule has 1 saturated heterocycles. The van der Waals surface area contributed by atoms with Crippen LogP contribution in [0.3, 0.4) is 0 Å². The number of aromatic nitrogens is 1. The zero-order valence-corrected chi connectivity index (χ0v) is 15.7. The number of sulfone groups is 1. The van der Waals surface area contributed by atoms with Crippen LogP contribution in [-0.2, 0) is 9.84 Å². The summed E-state index contributed by atoms with van der Waals surface area (Å²) in [6, 6.07) is 11.2. The Morgan fingerprint density at radius 3 is 2.58 bits per heavy atom. The summed E-state index contributed by atoms with van der Waals surface area (Å²) >= 11 is 0. The summed E-state index contributed by atoms with van der Waals surface area (Å²) in [6.07, 6.45) is 2.07.